The minimum Gasteiger partial charge on any atom is -0.494 e. The molecule has 2 saturated heterocycles. The van der Waals surface area contributed by atoms with Crippen molar-refractivity contribution >= 4 is 28.9 Å². The number of rotatable bonds is 6. The lowest BCUT2D eigenvalue weighted by atomic mass is 9.89. The Bertz CT molecular complexity index is 1250. The summed E-state index contributed by atoms with van der Waals surface area (Å²) in [4.78, 5) is 45.5. The second kappa shape index (κ2) is 8.60. The second-order valence-corrected chi connectivity index (χ2v) is 7.91. The highest BCUT2D eigenvalue weighted by Crippen LogP contribution is 2.49. The quantitative estimate of drug-likeness (QED) is 0.311. The number of nitro benzene ring substituents is 1. The Balaban J connectivity index is 1.58. The van der Waals surface area contributed by atoms with Gasteiger partial charge in [-0.1, -0.05) is 30.3 Å². The van der Waals surface area contributed by atoms with Crippen molar-refractivity contribution in [2.45, 2.75) is 19.1 Å². The maximum absolute atomic E-state index is 13.6. The topological polar surface area (TPSA) is 102 Å². The van der Waals surface area contributed by atoms with Crippen LogP contribution in [0.25, 0.3) is 0 Å². The Kier molecular flexibility index (Phi) is 5.46. The zero-order chi connectivity index (χ0) is 23.8. The van der Waals surface area contributed by atoms with E-state index in [9.17, 15) is 19.7 Å². The monoisotopic (exact) mass is 459 g/mol. The van der Waals surface area contributed by atoms with Gasteiger partial charge in [-0.15, -0.1) is 0 Å². The van der Waals surface area contributed by atoms with Gasteiger partial charge in [0.1, 0.15) is 17.7 Å². The molecule has 0 unspecified atom stereocenters. The molecule has 2 aliphatic rings. The molecule has 0 radical (unpaired) electrons. The van der Waals surface area contributed by atoms with Gasteiger partial charge in [-0.25, -0.2) is 9.96 Å². The lowest BCUT2D eigenvalue weighted by Gasteiger charge is -2.28. The Hall–Kier alpha value is -4.24. The molecule has 2 amide bonds. The Labute approximate surface area is 195 Å². The van der Waals surface area contributed by atoms with E-state index >= 15 is 0 Å². The Morgan fingerprint density at radius 2 is 1.59 bits per heavy atom. The smallest absolute Gasteiger partial charge is 0.274 e. The van der Waals surface area contributed by atoms with Crippen LogP contribution in [-0.4, -0.2) is 29.4 Å². The molecule has 3 aromatic rings. The van der Waals surface area contributed by atoms with Crippen LogP contribution in [0, 0.1) is 16.0 Å². The predicted octanol–water partition coefficient (Wildman–Crippen LogP) is 4.04. The van der Waals surface area contributed by atoms with Gasteiger partial charge >= 0.3 is 0 Å². The highest BCUT2D eigenvalue weighted by atomic mass is 16.7. The molecule has 0 saturated carbocycles. The first kappa shape index (κ1) is 21.6. The maximum atomic E-state index is 13.6. The number of hydrogen-bond donors (Lipinski definition) is 0. The van der Waals surface area contributed by atoms with Gasteiger partial charge in [-0.05, 0) is 49.4 Å². The molecule has 9 heteroatoms. The molecule has 34 heavy (non-hydrogen) atoms. The van der Waals surface area contributed by atoms with E-state index < -0.39 is 34.8 Å². The summed E-state index contributed by atoms with van der Waals surface area (Å²) < 4.78 is 5.44. The van der Waals surface area contributed by atoms with Gasteiger partial charge in [-0.2, -0.15) is 0 Å². The van der Waals surface area contributed by atoms with Crippen LogP contribution >= 0.6 is 0 Å². The SMILES string of the molecule is CCOc1ccc(N2C(=O)[C@@H]3[C@@H](ON(c4ccccc4)[C@H]3c3ccccc3[N+](=O)[O-])C2=O)cc1. The van der Waals surface area contributed by atoms with Crippen molar-refractivity contribution in [3.05, 3.63) is 94.5 Å². The van der Waals surface area contributed by atoms with Gasteiger partial charge < -0.3 is 4.74 Å². The van der Waals surface area contributed by atoms with Crippen LogP contribution in [0.2, 0.25) is 0 Å². The predicted molar refractivity (Wildman–Crippen MR) is 123 cm³/mol. The number of hydroxylamine groups is 1. The van der Waals surface area contributed by atoms with E-state index in [4.69, 9.17) is 9.57 Å². The van der Waals surface area contributed by atoms with Crippen molar-refractivity contribution in [1.82, 2.24) is 0 Å². The first-order valence-electron chi connectivity index (χ1n) is 10.9. The number of carbonyl (C=O) groups is 2. The number of fused-ring (bicyclic) bond motifs is 1. The number of nitro groups is 1. The van der Waals surface area contributed by atoms with Gasteiger partial charge in [-0.3, -0.25) is 24.5 Å². The van der Waals surface area contributed by atoms with Crippen LogP contribution in [0.3, 0.4) is 0 Å². The number of imide groups is 1. The van der Waals surface area contributed by atoms with Crippen LogP contribution < -0.4 is 14.7 Å². The van der Waals surface area contributed by atoms with Gasteiger partial charge in [0, 0.05) is 6.07 Å². The number of carbonyl (C=O) groups excluding carboxylic acids is 2. The summed E-state index contributed by atoms with van der Waals surface area (Å²) in [6.07, 6.45) is -1.11. The summed E-state index contributed by atoms with van der Waals surface area (Å²) in [6.45, 7) is 2.35. The molecule has 0 bridgehead atoms. The van der Waals surface area contributed by atoms with Crippen LogP contribution in [0.5, 0.6) is 5.75 Å². The van der Waals surface area contributed by atoms with Gasteiger partial charge in [0.2, 0.25) is 5.91 Å². The fraction of sp³-hybridized carbons (Fsp3) is 0.200. The summed E-state index contributed by atoms with van der Waals surface area (Å²) in [6, 6.07) is 20.9. The van der Waals surface area contributed by atoms with Gasteiger partial charge in [0.15, 0.2) is 6.10 Å². The lowest BCUT2D eigenvalue weighted by molar-refractivity contribution is -0.385. The third-order valence-corrected chi connectivity index (χ3v) is 5.98. The number of benzene rings is 3. The number of ether oxygens (including phenoxy) is 1. The Morgan fingerprint density at radius 1 is 0.912 bits per heavy atom. The summed E-state index contributed by atoms with van der Waals surface area (Å²) in [5.41, 5.74) is 1.15. The van der Waals surface area contributed by atoms with Crippen LogP contribution in [0.15, 0.2) is 78.9 Å². The largest absolute Gasteiger partial charge is 0.494 e. The number of hydrogen-bond acceptors (Lipinski definition) is 7. The van der Waals surface area contributed by atoms with Crippen molar-refractivity contribution in [3.63, 3.8) is 0 Å². The van der Waals surface area contributed by atoms with Crippen molar-refractivity contribution in [1.29, 1.82) is 0 Å². The van der Waals surface area contributed by atoms with E-state index in [2.05, 4.69) is 0 Å². The van der Waals surface area contributed by atoms with Crippen LogP contribution in [0.1, 0.15) is 18.5 Å². The molecular formula is C25H21N3O6. The molecule has 9 nitrogen and oxygen atoms in total. The average Bonchev–Trinajstić information content (AvgIpc) is 3.36. The van der Waals surface area contributed by atoms with E-state index in [1.54, 1.807) is 66.7 Å². The molecule has 2 heterocycles. The minimum atomic E-state index is -1.11. The molecule has 0 aromatic heterocycles. The highest BCUT2D eigenvalue weighted by Gasteiger charge is 2.61. The van der Waals surface area contributed by atoms with E-state index in [0.717, 1.165) is 4.90 Å². The van der Waals surface area contributed by atoms with Crippen LogP contribution in [0.4, 0.5) is 17.1 Å². The average molecular weight is 459 g/mol. The third-order valence-electron chi connectivity index (χ3n) is 5.98. The molecule has 2 fully saturated rings. The van der Waals surface area contributed by atoms with E-state index in [1.807, 2.05) is 13.0 Å². The lowest BCUT2D eigenvalue weighted by Crippen LogP contribution is -2.37. The first-order chi connectivity index (χ1) is 16.5. The number of nitrogens with zero attached hydrogens (tertiary/aromatic N) is 3. The van der Waals surface area contributed by atoms with Crippen LogP contribution in [-0.2, 0) is 14.4 Å². The van der Waals surface area contributed by atoms with E-state index in [0.29, 0.717) is 29.3 Å². The molecule has 2 aliphatic heterocycles. The van der Waals surface area contributed by atoms with Crippen molar-refractivity contribution in [2.24, 2.45) is 5.92 Å². The zero-order valence-electron chi connectivity index (χ0n) is 18.2. The zero-order valence-corrected chi connectivity index (χ0v) is 18.2. The summed E-state index contributed by atoms with van der Waals surface area (Å²) in [7, 11) is 0. The molecule has 0 aliphatic carbocycles. The molecule has 172 valence electrons. The molecule has 0 spiro atoms. The summed E-state index contributed by atoms with van der Waals surface area (Å²) >= 11 is 0. The molecule has 3 atom stereocenters. The fourth-order valence-electron chi connectivity index (χ4n) is 4.55. The standard InChI is InChI=1S/C25H21N3O6/c1-2-33-18-14-12-16(13-15-18)26-24(29)21-22(19-10-6-7-11-20(19)28(31)32)27(34-23(21)25(26)30)17-8-4-3-5-9-17/h3-15,21-23H,2H2,1H3/t21-,22-,23+/m0/s1. The second-order valence-electron chi connectivity index (χ2n) is 7.91. The van der Waals surface area contributed by atoms with Gasteiger partial charge in [0.05, 0.1) is 28.5 Å². The molecule has 0 N–H and O–H groups in total. The molecular weight excluding hydrogens is 438 g/mol. The summed E-state index contributed by atoms with van der Waals surface area (Å²) in [5.74, 6) is -1.32. The van der Waals surface area contributed by atoms with Crippen molar-refractivity contribution in [3.8, 4) is 5.75 Å². The Morgan fingerprint density at radius 3 is 2.26 bits per heavy atom. The molecule has 5 rings (SSSR count). The summed E-state index contributed by atoms with van der Waals surface area (Å²) in [5, 5.41) is 13.3. The maximum Gasteiger partial charge on any atom is 0.274 e. The van der Waals surface area contributed by atoms with Gasteiger partial charge in [0.25, 0.3) is 11.6 Å². The van der Waals surface area contributed by atoms with Crippen molar-refractivity contribution < 1.29 is 24.1 Å². The van der Waals surface area contributed by atoms with E-state index in [1.165, 1.54) is 11.1 Å². The number of anilines is 2. The molecule has 3 aromatic carbocycles. The minimum absolute atomic E-state index is 0.141. The fourth-order valence-corrected chi connectivity index (χ4v) is 4.55. The van der Waals surface area contributed by atoms with E-state index in [-0.39, 0.29) is 5.69 Å². The number of para-hydroxylation sites is 2. The normalized spacial score (nSPS) is 21.6. The first-order valence-corrected chi connectivity index (χ1v) is 10.9. The number of amides is 2. The van der Waals surface area contributed by atoms with Crippen molar-refractivity contribution in [2.75, 3.05) is 16.6 Å². The highest BCUT2D eigenvalue weighted by molar-refractivity contribution is 6.24. The third kappa shape index (κ3) is 3.46.